The third-order valence-corrected chi connectivity index (χ3v) is 7.36. The van der Waals surface area contributed by atoms with Gasteiger partial charge in [0.25, 0.3) is 0 Å². The average Bonchev–Trinajstić information content (AvgIpc) is 3.22. The maximum Gasteiger partial charge on any atom is 0.238 e. The molecule has 9 heteroatoms. The zero-order valence-electron chi connectivity index (χ0n) is 15.6. The van der Waals surface area contributed by atoms with E-state index in [0.29, 0.717) is 11.6 Å². The summed E-state index contributed by atoms with van der Waals surface area (Å²) in [5.74, 6) is 0.835. The highest BCUT2D eigenvalue weighted by atomic mass is 35.5. The highest BCUT2D eigenvalue weighted by Gasteiger charge is 2.36. The second kappa shape index (κ2) is 7.83. The number of halogens is 1. The van der Waals surface area contributed by atoms with E-state index in [0.717, 1.165) is 56.7 Å². The monoisotopic (exact) mass is 422 g/mol. The molecule has 1 aromatic carbocycles. The van der Waals surface area contributed by atoms with Gasteiger partial charge >= 0.3 is 0 Å². The predicted octanol–water partition coefficient (Wildman–Crippen LogP) is 2.80. The summed E-state index contributed by atoms with van der Waals surface area (Å²) < 4.78 is 27.5. The van der Waals surface area contributed by atoms with Crippen LogP contribution in [0.4, 0.5) is 0 Å². The normalized spacial score (nSPS) is 20.0. The fraction of sp³-hybridized carbons (Fsp3) is 0.526. The van der Waals surface area contributed by atoms with Crippen molar-refractivity contribution in [1.29, 1.82) is 0 Å². The number of fused-ring (bicyclic) bond motifs is 1. The van der Waals surface area contributed by atoms with Crippen molar-refractivity contribution < 1.29 is 13.2 Å². The van der Waals surface area contributed by atoms with Crippen LogP contribution in [0.15, 0.2) is 29.2 Å². The molecule has 2 aliphatic rings. The Kier molecular flexibility index (Phi) is 5.42. The fourth-order valence-corrected chi connectivity index (χ4v) is 5.39. The van der Waals surface area contributed by atoms with Crippen LogP contribution >= 0.6 is 11.6 Å². The molecule has 0 bridgehead atoms. The van der Waals surface area contributed by atoms with Gasteiger partial charge in [0.2, 0.25) is 5.91 Å². The van der Waals surface area contributed by atoms with Gasteiger partial charge in [-0.25, -0.2) is 8.42 Å². The topological polar surface area (TPSA) is 85.2 Å². The van der Waals surface area contributed by atoms with E-state index in [4.69, 9.17) is 11.6 Å². The predicted molar refractivity (Wildman–Crippen MR) is 105 cm³/mol. The Morgan fingerprint density at radius 2 is 1.86 bits per heavy atom. The minimum Gasteiger partial charge on any atom is -0.332 e. The molecule has 1 aromatic heterocycles. The van der Waals surface area contributed by atoms with Crippen molar-refractivity contribution in [3.63, 3.8) is 0 Å². The molecule has 2 aromatic rings. The summed E-state index contributed by atoms with van der Waals surface area (Å²) in [5, 5.41) is 9.16. The second-order valence-corrected chi connectivity index (χ2v) is 9.82. The number of nitrogens with zero attached hydrogens (tertiary/aromatic N) is 4. The number of carbonyl (C=O) groups excluding carboxylic acids is 1. The first kappa shape index (κ1) is 19.4. The van der Waals surface area contributed by atoms with Crippen LogP contribution in [-0.4, -0.2) is 46.3 Å². The summed E-state index contributed by atoms with van der Waals surface area (Å²) in [6, 6.07) is 5.70. The van der Waals surface area contributed by atoms with E-state index in [1.807, 2.05) is 0 Å². The summed E-state index contributed by atoms with van der Waals surface area (Å²) in [5.41, 5.74) is 0. The van der Waals surface area contributed by atoms with Crippen molar-refractivity contribution in [3.05, 3.63) is 40.9 Å². The first-order valence-corrected chi connectivity index (χ1v) is 11.7. The van der Waals surface area contributed by atoms with Gasteiger partial charge in [0.05, 0.1) is 10.9 Å². The fourth-order valence-electron chi connectivity index (χ4n) is 4.06. The Labute approximate surface area is 169 Å². The number of rotatable bonds is 4. The maximum atomic E-state index is 12.9. The van der Waals surface area contributed by atoms with Gasteiger partial charge in [0.1, 0.15) is 11.6 Å². The molecule has 1 atom stereocenters. The van der Waals surface area contributed by atoms with Gasteiger partial charge < -0.3 is 9.47 Å². The smallest absolute Gasteiger partial charge is 0.238 e. The molecular weight excluding hydrogens is 400 g/mol. The van der Waals surface area contributed by atoms with Gasteiger partial charge in [0, 0.05) is 24.5 Å². The molecule has 0 spiro atoms. The van der Waals surface area contributed by atoms with Crippen molar-refractivity contribution >= 4 is 27.3 Å². The number of hydrogen-bond acceptors (Lipinski definition) is 5. The van der Waals surface area contributed by atoms with Crippen LogP contribution in [0.25, 0.3) is 0 Å². The van der Waals surface area contributed by atoms with Crippen LogP contribution in [0.1, 0.15) is 49.8 Å². The SMILES string of the molecule is O=C(CS(=O)(=O)c1ccc(Cl)cc1)N1CCCC1c1nnc2n1CCCCC2. The van der Waals surface area contributed by atoms with Crippen molar-refractivity contribution in [2.75, 3.05) is 12.3 Å². The second-order valence-electron chi connectivity index (χ2n) is 7.39. The molecule has 7 nitrogen and oxygen atoms in total. The summed E-state index contributed by atoms with van der Waals surface area (Å²) in [7, 11) is -3.72. The molecule has 3 heterocycles. The minimum atomic E-state index is -3.72. The number of aromatic nitrogens is 3. The Balaban J connectivity index is 1.54. The van der Waals surface area contributed by atoms with Crippen LogP contribution in [0.2, 0.25) is 5.02 Å². The van der Waals surface area contributed by atoms with E-state index >= 15 is 0 Å². The van der Waals surface area contributed by atoms with Crippen LogP contribution in [0.5, 0.6) is 0 Å². The van der Waals surface area contributed by atoms with Gasteiger partial charge in [-0.3, -0.25) is 4.79 Å². The lowest BCUT2D eigenvalue weighted by molar-refractivity contribution is -0.129. The van der Waals surface area contributed by atoms with Gasteiger partial charge in [-0.05, 0) is 49.9 Å². The standard InChI is InChI=1S/C19H23ClN4O3S/c20-14-7-9-15(10-8-14)28(26,27)13-18(25)23-12-4-5-16(23)19-22-21-17-6-2-1-3-11-24(17)19/h7-10,16H,1-6,11-13H2. The van der Waals surface area contributed by atoms with E-state index in [1.54, 1.807) is 4.90 Å². The molecular formula is C19H23ClN4O3S. The third kappa shape index (κ3) is 3.80. The zero-order valence-corrected chi connectivity index (χ0v) is 17.1. The Morgan fingerprint density at radius 1 is 1.07 bits per heavy atom. The van der Waals surface area contributed by atoms with E-state index in [9.17, 15) is 13.2 Å². The summed E-state index contributed by atoms with van der Waals surface area (Å²) in [4.78, 5) is 14.7. The molecule has 1 unspecified atom stereocenters. The van der Waals surface area contributed by atoms with Crippen molar-refractivity contribution in [2.45, 2.75) is 56.0 Å². The third-order valence-electron chi connectivity index (χ3n) is 5.50. The highest BCUT2D eigenvalue weighted by molar-refractivity contribution is 7.92. The number of benzene rings is 1. The van der Waals surface area contributed by atoms with Crippen LogP contribution < -0.4 is 0 Å². The number of amides is 1. The minimum absolute atomic E-state index is 0.109. The van der Waals surface area contributed by atoms with E-state index in [-0.39, 0.29) is 16.8 Å². The molecule has 1 fully saturated rings. The Bertz CT molecular complexity index is 972. The van der Waals surface area contributed by atoms with Gasteiger partial charge in [-0.1, -0.05) is 18.0 Å². The van der Waals surface area contributed by atoms with Crippen LogP contribution in [-0.2, 0) is 27.6 Å². The van der Waals surface area contributed by atoms with Crippen molar-refractivity contribution in [1.82, 2.24) is 19.7 Å². The molecule has 4 rings (SSSR count). The molecule has 0 aliphatic carbocycles. The van der Waals surface area contributed by atoms with Gasteiger partial charge in [-0.15, -0.1) is 10.2 Å². The molecule has 28 heavy (non-hydrogen) atoms. The first-order chi connectivity index (χ1) is 13.5. The molecule has 0 N–H and O–H groups in total. The van der Waals surface area contributed by atoms with E-state index < -0.39 is 15.6 Å². The Hall–Kier alpha value is -1.93. The van der Waals surface area contributed by atoms with E-state index in [1.165, 1.54) is 24.3 Å². The number of carbonyl (C=O) groups is 1. The molecule has 2 aliphatic heterocycles. The number of likely N-dealkylation sites (tertiary alicyclic amines) is 1. The summed E-state index contributed by atoms with van der Waals surface area (Å²) in [6.45, 7) is 1.40. The molecule has 0 saturated carbocycles. The largest absolute Gasteiger partial charge is 0.332 e. The highest BCUT2D eigenvalue weighted by Crippen LogP contribution is 2.33. The lowest BCUT2D eigenvalue weighted by Crippen LogP contribution is -2.36. The molecule has 0 radical (unpaired) electrons. The number of hydrogen-bond donors (Lipinski definition) is 0. The Morgan fingerprint density at radius 3 is 2.64 bits per heavy atom. The van der Waals surface area contributed by atoms with Crippen molar-refractivity contribution in [2.24, 2.45) is 0 Å². The summed E-state index contributed by atoms with van der Waals surface area (Å²) >= 11 is 5.83. The van der Waals surface area contributed by atoms with Crippen LogP contribution in [0, 0.1) is 0 Å². The maximum absolute atomic E-state index is 12.9. The molecule has 150 valence electrons. The zero-order chi connectivity index (χ0) is 19.7. The van der Waals surface area contributed by atoms with Gasteiger partial charge in [0.15, 0.2) is 15.7 Å². The van der Waals surface area contributed by atoms with Crippen LogP contribution in [0.3, 0.4) is 0 Å². The van der Waals surface area contributed by atoms with Crippen molar-refractivity contribution in [3.8, 4) is 0 Å². The first-order valence-electron chi connectivity index (χ1n) is 9.65. The number of aryl methyl sites for hydroxylation is 1. The average molecular weight is 423 g/mol. The lowest BCUT2D eigenvalue weighted by Gasteiger charge is -2.24. The molecule has 1 saturated heterocycles. The lowest BCUT2D eigenvalue weighted by atomic mass is 10.2. The summed E-state index contributed by atoms with van der Waals surface area (Å²) in [6.07, 6.45) is 5.85. The number of sulfone groups is 1. The van der Waals surface area contributed by atoms with Gasteiger partial charge in [-0.2, -0.15) is 0 Å². The molecule has 1 amide bonds. The quantitative estimate of drug-likeness (QED) is 0.756. The van der Waals surface area contributed by atoms with E-state index in [2.05, 4.69) is 14.8 Å².